The molecule has 21 heavy (non-hydrogen) atoms. The summed E-state index contributed by atoms with van der Waals surface area (Å²) in [6.45, 7) is 2.04. The lowest BCUT2D eigenvalue weighted by atomic mass is 10.1. The Morgan fingerprint density at radius 3 is 2.71 bits per heavy atom. The third-order valence-corrected chi connectivity index (χ3v) is 3.40. The number of anilines is 1. The van der Waals surface area contributed by atoms with Crippen molar-refractivity contribution in [2.45, 2.75) is 13.0 Å². The number of H-pyrrole nitrogens is 1. The van der Waals surface area contributed by atoms with Crippen LogP contribution < -0.4 is 10.1 Å². The zero-order valence-corrected chi connectivity index (χ0v) is 12.3. The van der Waals surface area contributed by atoms with E-state index in [0.29, 0.717) is 11.5 Å². The molecule has 2 heterocycles. The van der Waals surface area contributed by atoms with Crippen molar-refractivity contribution in [1.29, 1.82) is 0 Å². The van der Waals surface area contributed by atoms with E-state index < -0.39 is 0 Å². The van der Waals surface area contributed by atoms with E-state index in [4.69, 9.17) is 16.3 Å². The van der Waals surface area contributed by atoms with Crippen molar-refractivity contribution in [3.63, 3.8) is 0 Å². The molecule has 1 atom stereocenters. The Balaban J connectivity index is 1.88. The summed E-state index contributed by atoms with van der Waals surface area (Å²) in [4.78, 5) is 15.4. The molecule has 0 amide bonds. The second-order valence-corrected chi connectivity index (χ2v) is 4.92. The summed E-state index contributed by atoms with van der Waals surface area (Å²) in [5, 5.41) is 3.48. The van der Waals surface area contributed by atoms with Crippen LogP contribution in [-0.4, -0.2) is 27.0 Å². The number of halogens is 1. The second kappa shape index (κ2) is 5.57. The molecular weight excluding hydrogens is 290 g/mol. The molecule has 0 fully saturated rings. The van der Waals surface area contributed by atoms with Crippen molar-refractivity contribution in [2.24, 2.45) is 0 Å². The molecule has 0 saturated carbocycles. The lowest BCUT2D eigenvalue weighted by Gasteiger charge is -2.15. The molecule has 0 bridgehead atoms. The first-order chi connectivity index (χ1) is 10.2. The van der Waals surface area contributed by atoms with Gasteiger partial charge in [-0.15, -0.1) is 0 Å². The minimum absolute atomic E-state index is 0.0494. The van der Waals surface area contributed by atoms with Crippen molar-refractivity contribution >= 4 is 28.6 Å². The number of hydrogen-bond donors (Lipinski definition) is 2. The number of imidazole rings is 1. The van der Waals surface area contributed by atoms with Gasteiger partial charge in [-0.1, -0.05) is 12.1 Å². The number of nitrogens with one attached hydrogen (secondary N) is 2. The third kappa shape index (κ3) is 2.75. The highest BCUT2D eigenvalue weighted by Gasteiger charge is 2.12. The van der Waals surface area contributed by atoms with Crippen LogP contribution in [0.5, 0.6) is 5.75 Å². The average molecular weight is 304 g/mol. The topological polar surface area (TPSA) is 75.7 Å². The molecule has 2 aromatic heterocycles. The Bertz CT molecular complexity index is 756. The maximum absolute atomic E-state index is 5.92. The Hall–Kier alpha value is -2.34. The number of rotatable bonds is 4. The molecule has 0 aliphatic rings. The summed E-state index contributed by atoms with van der Waals surface area (Å²) in [5.41, 5.74) is 2.39. The molecule has 6 nitrogen and oxygen atoms in total. The number of hydrogen-bond acceptors (Lipinski definition) is 5. The predicted octanol–water partition coefficient (Wildman–Crippen LogP) is 3.19. The van der Waals surface area contributed by atoms with Crippen LogP contribution in [0, 0.1) is 0 Å². The maximum Gasteiger partial charge on any atom is 0.226 e. The number of ether oxygens (including phenoxy) is 1. The lowest BCUT2D eigenvalue weighted by Crippen LogP contribution is -2.09. The molecule has 0 saturated heterocycles. The number of aromatic nitrogens is 4. The van der Waals surface area contributed by atoms with E-state index in [0.717, 1.165) is 16.8 Å². The van der Waals surface area contributed by atoms with Gasteiger partial charge < -0.3 is 15.0 Å². The highest BCUT2D eigenvalue weighted by atomic mass is 35.5. The first kappa shape index (κ1) is 13.6. The van der Waals surface area contributed by atoms with Crippen LogP contribution in [0.1, 0.15) is 18.5 Å². The molecule has 7 heteroatoms. The van der Waals surface area contributed by atoms with E-state index in [-0.39, 0.29) is 11.3 Å². The van der Waals surface area contributed by atoms with E-state index >= 15 is 0 Å². The standard InChI is InChI=1S/C14H14ClN5O/c1-8(9-3-5-10(21-2)6-4-9)18-13-11-12(17-7-16-11)19-14(15)20-13/h3-8H,1-2H3,(H2,16,17,18,19,20). The van der Waals surface area contributed by atoms with E-state index in [1.54, 1.807) is 13.4 Å². The summed E-state index contributed by atoms with van der Waals surface area (Å²) >= 11 is 5.92. The van der Waals surface area contributed by atoms with E-state index in [9.17, 15) is 0 Å². The SMILES string of the molecule is COc1ccc(C(C)Nc2nc(Cl)nc3nc[nH]c23)cc1. The molecule has 0 aliphatic carbocycles. The summed E-state index contributed by atoms with van der Waals surface area (Å²) < 4.78 is 5.16. The molecule has 108 valence electrons. The van der Waals surface area contributed by atoms with E-state index in [1.165, 1.54) is 0 Å². The van der Waals surface area contributed by atoms with Gasteiger partial charge in [0.15, 0.2) is 11.5 Å². The summed E-state index contributed by atoms with van der Waals surface area (Å²) in [7, 11) is 1.65. The summed E-state index contributed by atoms with van der Waals surface area (Å²) in [5.74, 6) is 1.46. The van der Waals surface area contributed by atoms with Gasteiger partial charge in [0.25, 0.3) is 0 Å². The van der Waals surface area contributed by atoms with E-state index in [2.05, 4.69) is 25.3 Å². The molecule has 3 aromatic rings. The van der Waals surface area contributed by atoms with Crippen molar-refractivity contribution < 1.29 is 4.74 Å². The average Bonchev–Trinajstić information content (AvgIpc) is 2.95. The fraction of sp³-hybridized carbons (Fsp3) is 0.214. The summed E-state index contributed by atoms with van der Waals surface area (Å²) in [6, 6.07) is 7.90. The van der Waals surface area contributed by atoms with Crippen LogP contribution in [0.4, 0.5) is 5.82 Å². The van der Waals surface area contributed by atoms with Crippen LogP contribution in [0.15, 0.2) is 30.6 Å². The molecule has 0 aliphatic heterocycles. The van der Waals surface area contributed by atoms with Crippen LogP contribution in [-0.2, 0) is 0 Å². The Morgan fingerprint density at radius 2 is 2.00 bits per heavy atom. The predicted molar refractivity (Wildman–Crippen MR) is 81.7 cm³/mol. The third-order valence-electron chi connectivity index (χ3n) is 3.23. The molecule has 1 unspecified atom stereocenters. The van der Waals surface area contributed by atoms with Gasteiger partial charge in [0.2, 0.25) is 5.28 Å². The van der Waals surface area contributed by atoms with Crippen molar-refractivity contribution in [2.75, 3.05) is 12.4 Å². The van der Waals surface area contributed by atoms with Gasteiger partial charge in [0.05, 0.1) is 19.5 Å². The Kier molecular flexibility index (Phi) is 3.62. The molecule has 0 radical (unpaired) electrons. The van der Waals surface area contributed by atoms with Gasteiger partial charge in [0.1, 0.15) is 11.3 Å². The smallest absolute Gasteiger partial charge is 0.226 e. The first-order valence-electron chi connectivity index (χ1n) is 6.44. The fourth-order valence-electron chi connectivity index (χ4n) is 2.09. The first-order valence-corrected chi connectivity index (χ1v) is 6.82. The van der Waals surface area contributed by atoms with Gasteiger partial charge >= 0.3 is 0 Å². The number of methoxy groups -OCH3 is 1. The lowest BCUT2D eigenvalue weighted by molar-refractivity contribution is 0.414. The zero-order valence-electron chi connectivity index (χ0n) is 11.6. The second-order valence-electron chi connectivity index (χ2n) is 4.58. The zero-order chi connectivity index (χ0) is 14.8. The highest BCUT2D eigenvalue weighted by Crippen LogP contribution is 2.24. The Labute approximate surface area is 126 Å². The van der Waals surface area contributed by atoms with E-state index in [1.807, 2.05) is 31.2 Å². The van der Waals surface area contributed by atoms with Crippen molar-refractivity contribution in [3.05, 3.63) is 41.4 Å². The fourth-order valence-corrected chi connectivity index (χ4v) is 2.26. The molecule has 0 spiro atoms. The number of aromatic amines is 1. The number of benzene rings is 1. The molecule has 3 rings (SSSR count). The van der Waals surface area contributed by atoms with Gasteiger partial charge in [-0.25, -0.2) is 4.98 Å². The molecule has 2 N–H and O–H groups in total. The van der Waals surface area contributed by atoms with Gasteiger partial charge in [0, 0.05) is 0 Å². The number of fused-ring (bicyclic) bond motifs is 1. The normalized spacial score (nSPS) is 12.3. The monoisotopic (exact) mass is 303 g/mol. The number of nitrogens with zero attached hydrogens (tertiary/aromatic N) is 3. The van der Waals surface area contributed by atoms with Gasteiger partial charge in [-0.3, -0.25) is 0 Å². The van der Waals surface area contributed by atoms with Crippen LogP contribution in [0.25, 0.3) is 11.2 Å². The Morgan fingerprint density at radius 1 is 1.24 bits per heavy atom. The minimum Gasteiger partial charge on any atom is -0.497 e. The van der Waals surface area contributed by atoms with Crippen LogP contribution in [0.3, 0.4) is 0 Å². The quantitative estimate of drug-likeness (QED) is 0.724. The van der Waals surface area contributed by atoms with Crippen molar-refractivity contribution in [1.82, 2.24) is 19.9 Å². The maximum atomic E-state index is 5.92. The highest BCUT2D eigenvalue weighted by molar-refractivity contribution is 6.28. The molecular formula is C14H14ClN5O. The summed E-state index contributed by atoms with van der Waals surface area (Å²) in [6.07, 6.45) is 1.57. The van der Waals surface area contributed by atoms with Crippen molar-refractivity contribution in [3.8, 4) is 5.75 Å². The minimum atomic E-state index is 0.0494. The van der Waals surface area contributed by atoms with Gasteiger partial charge in [-0.2, -0.15) is 9.97 Å². The van der Waals surface area contributed by atoms with Gasteiger partial charge in [-0.05, 0) is 36.2 Å². The van der Waals surface area contributed by atoms with Crippen LogP contribution in [0.2, 0.25) is 5.28 Å². The largest absolute Gasteiger partial charge is 0.497 e. The molecule has 1 aromatic carbocycles. The van der Waals surface area contributed by atoms with Crippen LogP contribution >= 0.6 is 11.6 Å².